The Morgan fingerprint density at radius 1 is 1.43 bits per heavy atom. The maximum absolute atomic E-state index is 12.8. The number of hydrogen-bond acceptors (Lipinski definition) is 4. The minimum atomic E-state index is -0.620. The van der Waals surface area contributed by atoms with Crippen molar-refractivity contribution in [3.05, 3.63) is 16.6 Å². The van der Waals surface area contributed by atoms with E-state index in [0.717, 1.165) is 37.0 Å². The van der Waals surface area contributed by atoms with E-state index in [1.54, 1.807) is 11.7 Å². The molecule has 1 aliphatic heterocycles. The van der Waals surface area contributed by atoms with Gasteiger partial charge in [0.25, 0.3) is 0 Å². The zero-order chi connectivity index (χ0) is 14.9. The summed E-state index contributed by atoms with van der Waals surface area (Å²) in [6, 6.07) is -0.360. The van der Waals surface area contributed by atoms with E-state index >= 15 is 0 Å². The molecule has 1 saturated heterocycles. The summed E-state index contributed by atoms with van der Waals surface area (Å²) < 4.78 is 0. The molecule has 114 valence electrons. The average Bonchev–Trinajstić information content (AvgIpc) is 3.14. The van der Waals surface area contributed by atoms with Gasteiger partial charge in [0, 0.05) is 11.1 Å². The molecule has 1 atom stereocenters. The Hall–Kier alpha value is -1.43. The van der Waals surface area contributed by atoms with Gasteiger partial charge in [-0.1, -0.05) is 26.2 Å². The number of carbonyl (C=O) groups is 2. The van der Waals surface area contributed by atoms with Crippen LogP contribution in [0.15, 0.2) is 11.7 Å². The van der Waals surface area contributed by atoms with Crippen LogP contribution in [0, 0.1) is 0 Å². The highest BCUT2D eigenvalue weighted by Gasteiger charge is 2.53. The highest BCUT2D eigenvalue weighted by Crippen LogP contribution is 2.39. The van der Waals surface area contributed by atoms with Gasteiger partial charge in [-0.2, -0.15) is 0 Å². The lowest BCUT2D eigenvalue weighted by atomic mass is 9.88. The number of amides is 2. The molecule has 1 aliphatic carbocycles. The van der Waals surface area contributed by atoms with Gasteiger partial charge in [0.1, 0.15) is 11.6 Å². The Bertz CT molecular complexity index is 523. The number of nitrogens with one attached hydrogen (secondary N) is 1. The molecular weight excluding hydrogens is 286 g/mol. The lowest BCUT2D eigenvalue weighted by Crippen LogP contribution is -2.69. The van der Waals surface area contributed by atoms with Gasteiger partial charge in [-0.15, -0.1) is 11.3 Å². The first-order valence-corrected chi connectivity index (χ1v) is 8.55. The van der Waals surface area contributed by atoms with E-state index in [1.807, 2.05) is 11.8 Å². The van der Waals surface area contributed by atoms with Gasteiger partial charge in [-0.05, 0) is 19.3 Å². The molecule has 1 unspecified atom stereocenters. The Labute approximate surface area is 128 Å². The van der Waals surface area contributed by atoms with Gasteiger partial charge in [0.2, 0.25) is 11.8 Å². The summed E-state index contributed by atoms with van der Waals surface area (Å²) in [6.45, 7) is 2.55. The van der Waals surface area contributed by atoms with Crippen LogP contribution in [0.3, 0.4) is 0 Å². The molecule has 0 aromatic carbocycles. The second kappa shape index (κ2) is 5.75. The van der Waals surface area contributed by atoms with Crippen molar-refractivity contribution in [1.29, 1.82) is 0 Å². The fourth-order valence-corrected chi connectivity index (χ4v) is 4.10. The Balaban J connectivity index is 1.91. The first kappa shape index (κ1) is 14.5. The summed E-state index contributed by atoms with van der Waals surface area (Å²) >= 11 is 1.54. The van der Waals surface area contributed by atoms with Crippen LogP contribution >= 0.6 is 11.3 Å². The summed E-state index contributed by atoms with van der Waals surface area (Å²) in [4.78, 5) is 32.5. The molecule has 6 heteroatoms. The average molecular weight is 307 g/mol. The molecule has 1 aromatic heterocycles. The van der Waals surface area contributed by atoms with E-state index in [0.29, 0.717) is 13.0 Å². The van der Waals surface area contributed by atoms with Crippen LogP contribution in [-0.2, 0) is 16.1 Å². The van der Waals surface area contributed by atoms with E-state index in [2.05, 4.69) is 10.3 Å². The first-order chi connectivity index (χ1) is 10.2. The van der Waals surface area contributed by atoms with E-state index in [9.17, 15) is 9.59 Å². The highest BCUT2D eigenvalue weighted by molar-refractivity contribution is 7.09. The largest absolute Gasteiger partial charge is 0.342 e. The molecule has 0 bridgehead atoms. The smallest absolute Gasteiger partial charge is 0.246 e. The maximum Gasteiger partial charge on any atom is 0.246 e. The van der Waals surface area contributed by atoms with Gasteiger partial charge < -0.3 is 10.2 Å². The van der Waals surface area contributed by atoms with E-state index in [1.165, 1.54) is 11.3 Å². The molecule has 2 fully saturated rings. The second-order valence-electron chi connectivity index (χ2n) is 5.95. The number of carbonyl (C=O) groups excluding carboxylic acids is 2. The number of nitrogens with zero attached hydrogens (tertiary/aromatic N) is 2. The summed E-state index contributed by atoms with van der Waals surface area (Å²) in [7, 11) is 0. The Morgan fingerprint density at radius 3 is 2.81 bits per heavy atom. The van der Waals surface area contributed by atoms with E-state index in [-0.39, 0.29) is 17.9 Å². The van der Waals surface area contributed by atoms with Crippen LogP contribution in [-0.4, -0.2) is 33.3 Å². The molecule has 1 N–H and O–H groups in total. The molecule has 1 spiro atoms. The third-order valence-electron chi connectivity index (χ3n) is 4.61. The van der Waals surface area contributed by atoms with Gasteiger partial charge in [-0.25, -0.2) is 0 Å². The Morgan fingerprint density at radius 2 is 2.19 bits per heavy atom. The minimum absolute atomic E-state index is 0.0440. The van der Waals surface area contributed by atoms with Crippen molar-refractivity contribution in [1.82, 2.24) is 15.2 Å². The minimum Gasteiger partial charge on any atom is -0.342 e. The van der Waals surface area contributed by atoms with Gasteiger partial charge >= 0.3 is 0 Å². The third kappa shape index (κ3) is 2.46. The maximum atomic E-state index is 12.8. The predicted molar refractivity (Wildman–Crippen MR) is 80.7 cm³/mol. The van der Waals surface area contributed by atoms with Gasteiger partial charge in [0.05, 0.1) is 12.1 Å². The van der Waals surface area contributed by atoms with E-state index in [4.69, 9.17) is 0 Å². The summed E-state index contributed by atoms with van der Waals surface area (Å²) in [5, 5.41) is 2.97. The fourth-order valence-electron chi connectivity index (χ4n) is 3.52. The SMILES string of the molecule is CCCC1NC(=O)C2(CCCC2)N(Cc2cncs2)C1=O. The number of piperazine rings is 1. The van der Waals surface area contributed by atoms with Crippen molar-refractivity contribution >= 4 is 23.2 Å². The molecule has 0 radical (unpaired) electrons. The standard InChI is InChI=1S/C15H21N3O2S/c1-2-5-12-13(19)18(9-11-8-16-10-21-11)15(14(20)17-12)6-3-4-7-15/h8,10,12H,2-7,9H2,1H3,(H,17,20). The molecule has 1 saturated carbocycles. The Kier molecular flexibility index (Phi) is 3.97. The zero-order valence-corrected chi connectivity index (χ0v) is 13.1. The van der Waals surface area contributed by atoms with Crippen molar-refractivity contribution < 1.29 is 9.59 Å². The van der Waals surface area contributed by atoms with Gasteiger partial charge in [0.15, 0.2) is 0 Å². The number of rotatable bonds is 4. The molecular formula is C15H21N3O2S. The van der Waals surface area contributed by atoms with Crippen molar-refractivity contribution in [3.8, 4) is 0 Å². The zero-order valence-electron chi connectivity index (χ0n) is 12.3. The normalized spacial score (nSPS) is 24.6. The number of hydrogen-bond donors (Lipinski definition) is 1. The van der Waals surface area contributed by atoms with E-state index < -0.39 is 5.54 Å². The lowest BCUT2D eigenvalue weighted by Gasteiger charge is -2.46. The van der Waals surface area contributed by atoms with Crippen LogP contribution in [0.4, 0.5) is 0 Å². The monoisotopic (exact) mass is 307 g/mol. The van der Waals surface area contributed by atoms with Crippen molar-refractivity contribution in [2.24, 2.45) is 0 Å². The molecule has 2 amide bonds. The molecule has 1 aromatic rings. The molecule has 5 nitrogen and oxygen atoms in total. The second-order valence-corrected chi connectivity index (χ2v) is 6.92. The van der Waals surface area contributed by atoms with Gasteiger partial charge in [-0.3, -0.25) is 14.6 Å². The summed E-state index contributed by atoms with van der Waals surface area (Å²) in [5.41, 5.74) is 1.15. The van der Waals surface area contributed by atoms with Crippen LogP contribution in [0.2, 0.25) is 0 Å². The topological polar surface area (TPSA) is 62.3 Å². The third-order valence-corrected chi connectivity index (χ3v) is 5.38. The van der Waals surface area contributed by atoms with Crippen LogP contribution in [0.5, 0.6) is 0 Å². The first-order valence-electron chi connectivity index (χ1n) is 7.67. The predicted octanol–water partition coefficient (Wildman–Crippen LogP) is 2.08. The van der Waals surface area contributed by atoms with Crippen LogP contribution in [0.1, 0.15) is 50.3 Å². The van der Waals surface area contributed by atoms with Crippen LogP contribution in [0.25, 0.3) is 0 Å². The molecule has 2 heterocycles. The summed E-state index contributed by atoms with van der Waals surface area (Å²) in [6.07, 6.45) is 6.97. The lowest BCUT2D eigenvalue weighted by molar-refractivity contribution is -0.158. The molecule has 21 heavy (non-hydrogen) atoms. The van der Waals surface area contributed by atoms with Crippen molar-refractivity contribution in [2.75, 3.05) is 0 Å². The number of thiazole rings is 1. The van der Waals surface area contributed by atoms with Crippen LogP contribution < -0.4 is 5.32 Å². The quantitative estimate of drug-likeness (QED) is 0.926. The fraction of sp³-hybridized carbons (Fsp3) is 0.667. The molecule has 2 aliphatic rings. The van der Waals surface area contributed by atoms with Crippen molar-refractivity contribution in [3.63, 3.8) is 0 Å². The molecule has 3 rings (SSSR count). The number of aromatic nitrogens is 1. The highest BCUT2D eigenvalue weighted by atomic mass is 32.1. The summed E-state index contributed by atoms with van der Waals surface area (Å²) in [5.74, 6) is 0.120. The van der Waals surface area contributed by atoms with Crippen molar-refractivity contribution in [2.45, 2.75) is 63.6 Å².